The Balaban J connectivity index is 3.34. The van der Waals surface area contributed by atoms with Gasteiger partial charge < -0.3 is 0 Å². The van der Waals surface area contributed by atoms with Crippen molar-refractivity contribution in [3.05, 3.63) is 28.0 Å². The molecule has 0 bridgehead atoms. The molecule has 0 aromatic heterocycles. The highest BCUT2D eigenvalue weighted by molar-refractivity contribution is 7.80. The second-order valence-corrected chi connectivity index (χ2v) is 2.95. The van der Waals surface area contributed by atoms with E-state index in [1.165, 1.54) is 12.1 Å². The van der Waals surface area contributed by atoms with Crippen LogP contribution < -0.4 is 0 Å². The second-order valence-electron chi connectivity index (χ2n) is 1.69. The normalized spacial score (nSPS) is 10.0. The molecule has 1 aromatic carbocycles. The van der Waals surface area contributed by atoms with E-state index in [1.807, 2.05) is 0 Å². The highest BCUT2D eigenvalue weighted by Gasteiger charge is 2.06. The molecule has 0 unspecified atom stereocenters. The van der Waals surface area contributed by atoms with Gasteiger partial charge in [-0.1, -0.05) is 23.2 Å². The van der Waals surface area contributed by atoms with Crippen LogP contribution >= 0.6 is 35.8 Å². The summed E-state index contributed by atoms with van der Waals surface area (Å²) in [6.07, 6.45) is 0. The Morgan fingerprint density at radius 3 is 2.20 bits per heavy atom. The molecule has 0 fully saturated rings. The summed E-state index contributed by atoms with van der Waals surface area (Å²) >= 11 is 14.7. The van der Waals surface area contributed by atoms with Crippen molar-refractivity contribution in [1.29, 1.82) is 0 Å². The van der Waals surface area contributed by atoms with E-state index in [1.54, 1.807) is 0 Å². The molecule has 0 amide bonds. The van der Waals surface area contributed by atoms with Crippen LogP contribution in [0.15, 0.2) is 17.0 Å². The molecule has 0 heterocycles. The van der Waals surface area contributed by atoms with E-state index in [0.29, 0.717) is 0 Å². The summed E-state index contributed by atoms with van der Waals surface area (Å²) < 4.78 is 12.7. The fourth-order valence-electron chi connectivity index (χ4n) is 0.516. The van der Waals surface area contributed by atoms with E-state index >= 15 is 0 Å². The van der Waals surface area contributed by atoms with Gasteiger partial charge in [-0.2, -0.15) is 0 Å². The first kappa shape index (κ1) is 8.18. The maximum Gasteiger partial charge on any atom is 0.156 e. The molecule has 0 saturated carbocycles. The molecular weight excluding hydrogens is 194 g/mol. The lowest BCUT2D eigenvalue weighted by molar-refractivity contribution is 0.603. The van der Waals surface area contributed by atoms with Crippen LogP contribution in [0.25, 0.3) is 0 Å². The molecule has 54 valence electrons. The quantitative estimate of drug-likeness (QED) is 0.478. The van der Waals surface area contributed by atoms with Gasteiger partial charge in [-0.05, 0) is 12.1 Å². The Kier molecular flexibility index (Phi) is 2.45. The minimum atomic E-state index is -0.572. The molecule has 4 heteroatoms. The van der Waals surface area contributed by atoms with Crippen molar-refractivity contribution >= 4 is 35.8 Å². The van der Waals surface area contributed by atoms with Gasteiger partial charge in [0.25, 0.3) is 0 Å². The number of halogens is 3. The third kappa shape index (κ3) is 1.39. The first-order chi connectivity index (χ1) is 4.63. The zero-order valence-electron chi connectivity index (χ0n) is 4.74. The van der Waals surface area contributed by atoms with Crippen molar-refractivity contribution in [3.8, 4) is 0 Å². The van der Waals surface area contributed by atoms with Crippen LogP contribution in [0.3, 0.4) is 0 Å². The molecule has 0 saturated heterocycles. The van der Waals surface area contributed by atoms with Crippen molar-refractivity contribution in [2.45, 2.75) is 4.90 Å². The summed E-state index contributed by atoms with van der Waals surface area (Å²) in [6.45, 7) is 0. The van der Waals surface area contributed by atoms with Gasteiger partial charge in [-0.25, -0.2) is 4.39 Å². The van der Waals surface area contributed by atoms with Crippen LogP contribution in [0.2, 0.25) is 10.0 Å². The minimum Gasteiger partial charge on any atom is -0.204 e. The molecule has 0 atom stereocenters. The van der Waals surface area contributed by atoms with Gasteiger partial charge in [0.15, 0.2) is 5.82 Å². The lowest BCUT2D eigenvalue weighted by Crippen LogP contribution is -1.79. The fraction of sp³-hybridized carbons (Fsp3) is 0. The van der Waals surface area contributed by atoms with Crippen LogP contribution in [0.1, 0.15) is 0 Å². The molecule has 0 aliphatic carbocycles. The highest BCUT2D eigenvalue weighted by atomic mass is 35.5. The zero-order valence-corrected chi connectivity index (χ0v) is 7.14. The summed E-state index contributed by atoms with van der Waals surface area (Å²) in [4.78, 5) is 0.0918. The van der Waals surface area contributed by atoms with Gasteiger partial charge in [0, 0.05) is 0 Å². The lowest BCUT2D eigenvalue weighted by atomic mass is 10.3. The van der Waals surface area contributed by atoms with Gasteiger partial charge >= 0.3 is 0 Å². The van der Waals surface area contributed by atoms with Crippen molar-refractivity contribution in [3.63, 3.8) is 0 Å². The highest BCUT2D eigenvalue weighted by Crippen LogP contribution is 2.27. The smallest absolute Gasteiger partial charge is 0.156 e. The molecule has 10 heavy (non-hydrogen) atoms. The average Bonchev–Trinajstić information content (AvgIpc) is 1.93. The maximum absolute atomic E-state index is 12.7. The molecule has 0 aliphatic rings. The monoisotopic (exact) mass is 196 g/mol. The van der Waals surface area contributed by atoms with Gasteiger partial charge in [0.1, 0.15) is 0 Å². The SMILES string of the molecule is Fc1c(Cl)ccc(Cl)c1S. The molecule has 0 radical (unpaired) electrons. The molecular formula is C6H3Cl2FS. The third-order valence-corrected chi connectivity index (χ3v) is 2.20. The summed E-state index contributed by atoms with van der Waals surface area (Å²) in [5.74, 6) is -0.572. The Morgan fingerprint density at radius 1 is 1.20 bits per heavy atom. The van der Waals surface area contributed by atoms with Gasteiger partial charge in [-0.3, -0.25) is 0 Å². The Labute approximate surface area is 73.4 Å². The summed E-state index contributed by atoms with van der Waals surface area (Å²) in [5, 5.41) is 0.305. The molecule has 0 nitrogen and oxygen atoms in total. The third-order valence-electron chi connectivity index (χ3n) is 1.02. The predicted octanol–water partition coefficient (Wildman–Crippen LogP) is 3.42. The topological polar surface area (TPSA) is 0 Å². The number of benzene rings is 1. The number of hydrogen-bond acceptors (Lipinski definition) is 1. The largest absolute Gasteiger partial charge is 0.204 e. The molecule has 0 N–H and O–H groups in total. The summed E-state index contributed by atoms with van der Waals surface area (Å²) in [5.41, 5.74) is 0. The Morgan fingerprint density at radius 2 is 1.70 bits per heavy atom. The van der Waals surface area contributed by atoms with Gasteiger partial charge in [0.05, 0.1) is 14.9 Å². The average molecular weight is 197 g/mol. The Hall–Kier alpha value is 0.0800. The summed E-state index contributed by atoms with van der Waals surface area (Å²) in [7, 11) is 0. The van der Waals surface area contributed by atoms with Crippen LogP contribution in [0.4, 0.5) is 4.39 Å². The zero-order chi connectivity index (χ0) is 7.72. The lowest BCUT2D eigenvalue weighted by Gasteiger charge is -1.98. The van der Waals surface area contributed by atoms with Crippen LogP contribution in [0.5, 0.6) is 0 Å². The van der Waals surface area contributed by atoms with Crippen LogP contribution in [-0.2, 0) is 0 Å². The van der Waals surface area contributed by atoms with E-state index < -0.39 is 5.82 Å². The van der Waals surface area contributed by atoms with E-state index in [0.717, 1.165) is 0 Å². The Bertz CT molecular complexity index is 235. The first-order valence-corrected chi connectivity index (χ1v) is 3.65. The van der Waals surface area contributed by atoms with E-state index in [9.17, 15) is 4.39 Å². The second kappa shape index (κ2) is 2.99. The molecule has 0 spiro atoms. The fourth-order valence-corrected chi connectivity index (χ4v) is 1.08. The number of hydrogen-bond donors (Lipinski definition) is 1. The molecule has 0 aliphatic heterocycles. The van der Waals surface area contributed by atoms with Crippen LogP contribution in [0, 0.1) is 5.82 Å². The first-order valence-electron chi connectivity index (χ1n) is 2.45. The van der Waals surface area contributed by atoms with Crippen LogP contribution in [-0.4, -0.2) is 0 Å². The van der Waals surface area contributed by atoms with Crippen molar-refractivity contribution in [1.82, 2.24) is 0 Å². The standard InChI is InChI=1S/C6H3Cl2FS/c7-3-1-2-4(8)6(10)5(3)9/h1-2,10H. The van der Waals surface area contributed by atoms with Crippen molar-refractivity contribution in [2.75, 3.05) is 0 Å². The van der Waals surface area contributed by atoms with Crippen molar-refractivity contribution in [2.24, 2.45) is 0 Å². The minimum absolute atomic E-state index is 0.0365. The number of rotatable bonds is 0. The van der Waals surface area contributed by atoms with E-state index in [2.05, 4.69) is 12.6 Å². The predicted molar refractivity (Wildman–Crippen MR) is 43.7 cm³/mol. The number of thiol groups is 1. The maximum atomic E-state index is 12.7. The summed E-state index contributed by atoms with van der Waals surface area (Å²) in [6, 6.07) is 2.88. The molecule has 1 rings (SSSR count). The molecule has 1 aromatic rings. The van der Waals surface area contributed by atoms with Gasteiger partial charge in [-0.15, -0.1) is 12.6 Å². The van der Waals surface area contributed by atoms with E-state index in [4.69, 9.17) is 23.2 Å². The van der Waals surface area contributed by atoms with E-state index in [-0.39, 0.29) is 14.9 Å². The van der Waals surface area contributed by atoms with Gasteiger partial charge in [0.2, 0.25) is 0 Å². The van der Waals surface area contributed by atoms with Crippen molar-refractivity contribution < 1.29 is 4.39 Å².